The predicted octanol–water partition coefficient (Wildman–Crippen LogP) is 3.80. The highest BCUT2D eigenvalue weighted by Gasteiger charge is 2.10. The fourth-order valence-corrected chi connectivity index (χ4v) is 2.43. The summed E-state index contributed by atoms with van der Waals surface area (Å²) < 4.78 is 5.31. The van der Waals surface area contributed by atoms with E-state index >= 15 is 0 Å². The van der Waals surface area contributed by atoms with Gasteiger partial charge in [-0.3, -0.25) is 4.79 Å². The maximum absolute atomic E-state index is 12.2. The molecule has 2 aromatic carbocycles. The van der Waals surface area contributed by atoms with Crippen LogP contribution in [0.3, 0.4) is 0 Å². The number of carbonyl (C=O) groups is 1. The lowest BCUT2D eigenvalue weighted by molar-refractivity contribution is 0.0955. The SMILES string of the molecule is O=C(NCCCc1ccccc1)c1cccc2occc12. The van der Waals surface area contributed by atoms with Gasteiger partial charge in [0.05, 0.1) is 11.8 Å². The van der Waals surface area contributed by atoms with E-state index in [1.54, 1.807) is 6.26 Å². The summed E-state index contributed by atoms with van der Waals surface area (Å²) in [5.41, 5.74) is 2.71. The van der Waals surface area contributed by atoms with Gasteiger partial charge in [-0.1, -0.05) is 36.4 Å². The van der Waals surface area contributed by atoms with E-state index in [0.29, 0.717) is 12.1 Å². The second kappa shape index (κ2) is 6.27. The Hall–Kier alpha value is -2.55. The quantitative estimate of drug-likeness (QED) is 0.722. The number of furan rings is 1. The molecule has 3 nitrogen and oxygen atoms in total. The van der Waals surface area contributed by atoms with E-state index in [2.05, 4.69) is 17.4 Å². The van der Waals surface area contributed by atoms with Crippen molar-refractivity contribution in [3.63, 3.8) is 0 Å². The Kier molecular flexibility index (Phi) is 4.01. The molecule has 0 saturated carbocycles. The van der Waals surface area contributed by atoms with Crippen LogP contribution in [0.15, 0.2) is 65.3 Å². The van der Waals surface area contributed by atoms with Crippen LogP contribution in [-0.2, 0) is 6.42 Å². The maximum Gasteiger partial charge on any atom is 0.252 e. The molecule has 1 heterocycles. The number of benzene rings is 2. The minimum Gasteiger partial charge on any atom is -0.464 e. The summed E-state index contributed by atoms with van der Waals surface area (Å²) in [7, 11) is 0. The number of aryl methyl sites for hydroxylation is 1. The van der Waals surface area contributed by atoms with Crippen LogP contribution in [0, 0.1) is 0 Å². The smallest absolute Gasteiger partial charge is 0.252 e. The molecule has 0 spiro atoms. The van der Waals surface area contributed by atoms with Crippen LogP contribution < -0.4 is 5.32 Å². The number of amides is 1. The first kappa shape index (κ1) is 13.4. The Labute approximate surface area is 123 Å². The van der Waals surface area contributed by atoms with Gasteiger partial charge in [-0.2, -0.15) is 0 Å². The van der Waals surface area contributed by atoms with E-state index in [0.717, 1.165) is 23.8 Å². The largest absolute Gasteiger partial charge is 0.464 e. The average molecular weight is 279 g/mol. The maximum atomic E-state index is 12.2. The first-order valence-corrected chi connectivity index (χ1v) is 7.13. The van der Waals surface area contributed by atoms with Gasteiger partial charge in [0.1, 0.15) is 5.58 Å². The second-order valence-corrected chi connectivity index (χ2v) is 4.98. The molecule has 1 aromatic heterocycles. The van der Waals surface area contributed by atoms with E-state index in [1.165, 1.54) is 5.56 Å². The standard InChI is InChI=1S/C18H17NO2/c20-18(16-9-4-10-17-15(16)11-13-21-17)19-12-5-8-14-6-2-1-3-7-14/h1-4,6-7,9-11,13H,5,8,12H2,(H,19,20). The summed E-state index contributed by atoms with van der Waals surface area (Å²) in [6.07, 6.45) is 3.50. The summed E-state index contributed by atoms with van der Waals surface area (Å²) in [5.74, 6) is -0.0462. The van der Waals surface area contributed by atoms with Gasteiger partial charge in [-0.15, -0.1) is 0 Å². The van der Waals surface area contributed by atoms with Crippen molar-refractivity contribution < 1.29 is 9.21 Å². The molecule has 1 N–H and O–H groups in total. The normalized spacial score (nSPS) is 10.7. The Morgan fingerprint density at radius 1 is 1.00 bits per heavy atom. The summed E-state index contributed by atoms with van der Waals surface area (Å²) >= 11 is 0. The van der Waals surface area contributed by atoms with Crippen molar-refractivity contribution in [1.82, 2.24) is 5.32 Å². The van der Waals surface area contributed by atoms with Crippen molar-refractivity contribution in [2.75, 3.05) is 6.54 Å². The van der Waals surface area contributed by atoms with E-state index in [-0.39, 0.29) is 5.91 Å². The molecule has 0 atom stereocenters. The highest BCUT2D eigenvalue weighted by Crippen LogP contribution is 2.19. The van der Waals surface area contributed by atoms with Crippen LogP contribution >= 0.6 is 0 Å². The third kappa shape index (κ3) is 3.14. The topological polar surface area (TPSA) is 42.2 Å². The van der Waals surface area contributed by atoms with Crippen molar-refractivity contribution in [3.05, 3.63) is 72.0 Å². The molecule has 0 aliphatic heterocycles. The first-order chi connectivity index (χ1) is 10.3. The highest BCUT2D eigenvalue weighted by atomic mass is 16.3. The lowest BCUT2D eigenvalue weighted by Gasteiger charge is -2.06. The van der Waals surface area contributed by atoms with Crippen molar-refractivity contribution in [1.29, 1.82) is 0 Å². The monoisotopic (exact) mass is 279 g/mol. The summed E-state index contributed by atoms with van der Waals surface area (Å²) in [6, 6.07) is 17.6. The Bertz CT molecular complexity index is 731. The molecule has 3 heteroatoms. The van der Waals surface area contributed by atoms with E-state index in [1.807, 2.05) is 42.5 Å². The molecule has 1 amide bonds. The van der Waals surface area contributed by atoms with Crippen LogP contribution in [0.1, 0.15) is 22.3 Å². The Morgan fingerprint density at radius 2 is 1.86 bits per heavy atom. The van der Waals surface area contributed by atoms with Crippen molar-refractivity contribution >= 4 is 16.9 Å². The third-order valence-electron chi connectivity index (χ3n) is 3.51. The highest BCUT2D eigenvalue weighted by molar-refractivity contribution is 6.05. The van der Waals surface area contributed by atoms with Gasteiger partial charge in [0.15, 0.2) is 0 Å². The van der Waals surface area contributed by atoms with Crippen molar-refractivity contribution in [2.24, 2.45) is 0 Å². The second-order valence-electron chi connectivity index (χ2n) is 4.98. The van der Waals surface area contributed by atoms with Crippen LogP contribution in [0.5, 0.6) is 0 Å². The van der Waals surface area contributed by atoms with Gasteiger partial charge in [-0.05, 0) is 36.6 Å². The average Bonchev–Trinajstić information content (AvgIpc) is 3.01. The molecular formula is C18H17NO2. The molecule has 3 aromatic rings. The molecule has 3 rings (SSSR count). The number of carbonyl (C=O) groups excluding carboxylic acids is 1. The van der Waals surface area contributed by atoms with Gasteiger partial charge in [0.2, 0.25) is 0 Å². The van der Waals surface area contributed by atoms with E-state index in [4.69, 9.17) is 4.42 Å². The zero-order valence-corrected chi connectivity index (χ0v) is 11.7. The number of fused-ring (bicyclic) bond motifs is 1. The fourth-order valence-electron chi connectivity index (χ4n) is 2.43. The predicted molar refractivity (Wildman–Crippen MR) is 83.3 cm³/mol. The lowest BCUT2D eigenvalue weighted by atomic mass is 10.1. The first-order valence-electron chi connectivity index (χ1n) is 7.13. The van der Waals surface area contributed by atoms with Gasteiger partial charge in [-0.25, -0.2) is 0 Å². The molecular weight excluding hydrogens is 262 g/mol. The molecule has 106 valence electrons. The van der Waals surface area contributed by atoms with Crippen molar-refractivity contribution in [2.45, 2.75) is 12.8 Å². The lowest BCUT2D eigenvalue weighted by Crippen LogP contribution is -2.24. The fraction of sp³-hybridized carbons (Fsp3) is 0.167. The minimum atomic E-state index is -0.0462. The number of nitrogens with one attached hydrogen (secondary N) is 1. The van der Waals surface area contributed by atoms with Gasteiger partial charge in [0, 0.05) is 11.9 Å². The summed E-state index contributed by atoms with van der Waals surface area (Å²) in [6.45, 7) is 0.669. The zero-order valence-electron chi connectivity index (χ0n) is 11.7. The molecule has 0 saturated heterocycles. The van der Waals surface area contributed by atoms with E-state index < -0.39 is 0 Å². The zero-order chi connectivity index (χ0) is 14.5. The van der Waals surface area contributed by atoms with Gasteiger partial charge < -0.3 is 9.73 Å². The van der Waals surface area contributed by atoms with Crippen LogP contribution in [0.4, 0.5) is 0 Å². The van der Waals surface area contributed by atoms with Crippen LogP contribution in [-0.4, -0.2) is 12.5 Å². The Morgan fingerprint density at radius 3 is 2.71 bits per heavy atom. The molecule has 0 bridgehead atoms. The van der Waals surface area contributed by atoms with Crippen molar-refractivity contribution in [3.8, 4) is 0 Å². The Balaban J connectivity index is 1.56. The third-order valence-corrected chi connectivity index (χ3v) is 3.51. The van der Waals surface area contributed by atoms with Crippen LogP contribution in [0.2, 0.25) is 0 Å². The minimum absolute atomic E-state index is 0.0462. The molecule has 0 aliphatic carbocycles. The number of hydrogen-bond donors (Lipinski definition) is 1. The molecule has 21 heavy (non-hydrogen) atoms. The summed E-state index contributed by atoms with van der Waals surface area (Å²) in [4.78, 5) is 12.2. The molecule has 0 fully saturated rings. The van der Waals surface area contributed by atoms with Gasteiger partial charge in [0.25, 0.3) is 5.91 Å². The van der Waals surface area contributed by atoms with E-state index in [9.17, 15) is 4.79 Å². The number of hydrogen-bond acceptors (Lipinski definition) is 2. The van der Waals surface area contributed by atoms with Gasteiger partial charge >= 0.3 is 0 Å². The summed E-state index contributed by atoms with van der Waals surface area (Å²) in [5, 5.41) is 3.83. The van der Waals surface area contributed by atoms with Crippen LogP contribution in [0.25, 0.3) is 11.0 Å². The molecule has 0 aliphatic rings. The number of rotatable bonds is 5. The molecule has 0 radical (unpaired) electrons. The molecule has 0 unspecified atom stereocenters.